The van der Waals surface area contributed by atoms with Crippen LogP contribution in [0.15, 0.2) is 36.9 Å². The van der Waals surface area contributed by atoms with E-state index in [4.69, 9.17) is 4.74 Å². The lowest BCUT2D eigenvalue weighted by Crippen LogP contribution is -2.52. The van der Waals surface area contributed by atoms with Crippen molar-refractivity contribution in [2.45, 2.75) is 17.5 Å². The Bertz CT molecular complexity index is 628. The van der Waals surface area contributed by atoms with Gasteiger partial charge in [0.1, 0.15) is 6.61 Å². The standard InChI is InChI=1S/C17H19NO5S/c1-3-10-23-16(20)13-6-4-12(5-7-13)11-24-14-8-9-18(14)15(19)17(21)22-2/h3-7,14H,1,8-11H2,2H3. The fourth-order valence-electron chi connectivity index (χ4n) is 2.12. The Morgan fingerprint density at radius 3 is 2.58 bits per heavy atom. The van der Waals surface area contributed by atoms with Gasteiger partial charge in [0.15, 0.2) is 0 Å². The molecular weight excluding hydrogens is 330 g/mol. The van der Waals surface area contributed by atoms with Crippen molar-refractivity contribution in [3.63, 3.8) is 0 Å². The number of methoxy groups -OCH3 is 1. The molecule has 1 aliphatic rings. The van der Waals surface area contributed by atoms with E-state index >= 15 is 0 Å². The molecule has 2 rings (SSSR count). The molecule has 24 heavy (non-hydrogen) atoms. The molecule has 0 bridgehead atoms. The van der Waals surface area contributed by atoms with Gasteiger partial charge in [0.25, 0.3) is 0 Å². The molecule has 0 spiro atoms. The van der Waals surface area contributed by atoms with Crippen molar-refractivity contribution in [3.8, 4) is 0 Å². The van der Waals surface area contributed by atoms with Crippen molar-refractivity contribution < 1.29 is 23.9 Å². The number of benzene rings is 1. The zero-order valence-electron chi connectivity index (χ0n) is 13.4. The number of hydrogen-bond acceptors (Lipinski definition) is 6. The van der Waals surface area contributed by atoms with Gasteiger partial charge in [-0.2, -0.15) is 0 Å². The van der Waals surface area contributed by atoms with E-state index in [1.807, 2.05) is 12.1 Å². The van der Waals surface area contributed by atoms with Crippen LogP contribution in [0.25, 0.3) is 0 Å². The second kappa shape index (κ2) is 8.54. The van der Waals surface area contributed by atoms with Gasteiger partial charge in [0.05, 0.1) is 18.0 Å². The maximum Gasteiger partial charge on any atom is 0.396 e. The summed E-state index contributed by atoms with van der Waals surface area (Å²) in [5.41, 5.74) is 1.51. The molecule has 7 heteroatoms. The van der Waals surface area contributed by atoms with Gasteiger partial charge in [-0.3, -0.25) is 4.79 Å². The number of likely N-dealkylation sites (tertiary alicyclic amines) is 1. The number of amides is 1. The minimum atomic E-state index is -0.831. The lowest BCUT2D eigenvalue weighted by Gasteiger charge is -2.39. The van der Waals surface area contributed by atoms with Crippen LogP contribution in [0.1, 0.15) is 22.3 Å². The largest absolute Gasteiger partial charge is 0.462 e. The van der Waals surface area contributed by atoms with Crippen molar-refractivity contribution in [2.24, 2.45) is 0 Å². The molecule has 1 fully saturated rings. The molecule has 128 valence electrons. The first-order valence-electron chi connectivity index (χ1n) is 7.44. The summed E-state index contributed by atoms with van der Waals surface area (Å²) in [7, 11) is 1.20. The second-order valence-corrected chi connectivity index (χ2v) is 6.29. The summed E-state index contributed by atoms with van der Waals surface area (Å²) in [6, 6.07) is 7.12. The zero-order chi connectivity index (χ0) is 17.5. The van der Waals surface area contributed by atoms with E-state index in [1.165, 1.54) is 18.1 Å². The molecule has 1 aromatic carbocycles. The van der Waals surface area contributed by atoms with Gasteiger partial charge in [-0.05, 0) is 24.1 Å². The summed E-state index contributed by atoms with van der Waals surface area (Å²) in [6.07, 6.45) is 2.36. The Morgan fingerprint density at radius 2 is 2.04 bits per heavy atom. The molecule has 0 saturated carbocycles. The lowest BCUT2D eigenvalue weighted by molar-refractivity contribution is -0.160. The van der Waals surface area contributed by atoms with Gasteiger partial charge in [0.2, 0.25) is 0 Å². The normalized spacial score (nSPS) is 16.0. The Hall–Kier alpha value is -2.28. The number of thioether (sulfide) groups is 1. The zero-order valence-corrected chi connectivity index (χ0v) is 14.2. The molecule has 0 aromatic heterocycles. The number of rotatable bonds is 6. The van der Waals surface area contributed by atoms with E-state index in [0.717, 1.165) is 12.0 Å². The number of esters is 2. The van der Waals surface area contributed by atoms with E-state index in [1.54, 1.807) is 23.9 Å². The Kier molecular flexibility index (Phi) is 6.43. The van der Waals surface area contributed by atoms with E-state index in [9.17, 15) is 14.4 Å². The first-order chi connectivity index (χ1) is 11.6. The predicted molar refractivity (Wildman–Crippen MR) is 90.4 cm³/mol. The van der Waals surface area contributed by atoms with Crippen molar-refractivity contribution in [2.75, 3.05) is 20.3 Å². The first-order valence-corrected chi connectivity index (χ1v) is 8.49. The maximum absolute atomic E-state index is 11.8. The van der Waals surface area contributed by atoms with Crippen LogP contribution in [-0.2, 0) is 24.8 Å². The van der Waals surface area contributed by atoms with Crippen LogP contribution in [0.4, 0.5) is 0 Å². The minimum Gasteiger partial charge on any atom is -0.462 e. The summed E-state index contributed by atoms with van der Waals surface area (Å²) in [5, 5.41) is -0.0196. The molecule has 1 unspecified atom stereocenters. The van der Waals surface area contributed by atoms with Crippen LogP contribution < -0.4 is 0 Å². The van der Waals surface area contributed by atoms with E-state index in [-0.39, 0.29) is 18.0 Å². The highest BCUT2D eigenvalue weighted by atomic mass is 32.2. The summed E-state index contributed by atoms with van der Waals surface area (Å²) >= 11 is 1.58. The fraction of sp³-hybridized carbons (Fsp3) is 0.353. The van der Waals surface area contributed by atoms with E-state index in [0.29, 0.717) is 17.9 Å². The topological polar surface area (TPSA) is 72.9 Å². The molecule has 1 aliphatic heterocycles. The van der Waals surface area contributed by atoms with Crippen LogP contribution in [0, 0.1) is 0 Å². The average Bonchev–Trinajstić information content (AvgIpc) is 2.58. The number of carbonyl (C=O) groups excluding carboxylic acids is 3. The smallest absolute Gasteiger partial charge is 0.396 e. The molecule has 1 heterocycles. The lowest BCUT2D eigenvalue weighted by atomic mass is 10.1. The summed E-state index contributed by atoms with van der Waals surface area (Å²) < 4.78 is 9.42. The van der Waals surface area contributed by atoms with Crippen LogP contribution in [0.2, 0.25) is 0 Å². The molecule has 1 amide bonds. The SMILES string of the molecule is C=CCOC(=O)c1ccc(CSC2CCN2C(=O)C(=O)OC)cc1. The Balaban J connectivity index is 1.84. The minimum absolute atomic E-state index is 0.0196. The average molecular weight is 349 g/mol. The van der Waals surface area contributed by atoms with Crippen molar-refractivity contribution in [1.29, 1.82) is 0 Å². The third kappa shape index (κ3) is 4.38. The third-order valence-electron chi connectivity index (χ3n) is 3.55. The predicted octanol–water partition coefficient (Wildman–Crippen LogP) is 1.99. The molecular formula is C17H19NO5S. The molecule has 0 aliphatic carbocycles. The van der Waals surface area contributed by atoms with Gasteiger partial charge in [-0.25, -0.2) is 9.59 Å². The second-order valence-electron chi connectivity index (χ2n) is 5.13. The van der Waals surface area contributed by atoms with Crippen molar-refractivity contribution in [3.05, 3.63) is 48.0 Å². The van der Waals surface area contributed by atoms with Gasteiger partial charge < -0.3 is 14.4 Å². The Labute approximate surface area is 144 Å². The van der Waals surface area contributed by atoms with Gasteiger partial charge >= 0.3 is 17.8 Å². The van der Waals surface area contributed by atoms with E-state index in [2.05, 4.69) is 11.3 Å². The van der Waals surface area contributed by atoms with Crippen LogP contribution in [-0.4, -0.2) is 48.4 Å². The highest BCUT2D eigenvalue weighted by Gasteiger charge is 2.36. The third-order valence-corrected chi connectivity index (χ3v) is 4.92. The van der Waals surface area contributed by atoms with Gasteiger partial charge in [0, 0.05) is 12.3 Å². The van der Waals surface area contributed by atoms with Crippen molar-refractivity contribution >= 4 is 29.6 Å². The molecule has 1 aromatic rings. The summed E-state index contributed by atoms with van der Waals surface area (Å²) in [6.45, 7) is 4.24. The molecule has 0 N–H and O–H groups in total. The summed E-state index contributed by atoms with van der Waals surface area (Å²) in [4.78, 5) is 36.2. The highest BCUT2D eigenvalue weighted by molar-refractivity contribution is 7.99. The molecule has 1 saturated heterocycles. The number of hydrogen-bond donors (Lipinski definition) is 0. The fourth-order valence-corrected chi connectivity index (χ4v) is 3.35. The number of nitrogens with zero attached hydrogens (tertiary/aromatic N) is 1. The summed E-state index contributed by atoms with van der Waals surface area (Å²) in [5.74, 6) is -1.13. The molecule has 1 atom stereocenters. The van der Waals surface area contributed by atoms with Crippen LogP contribution in [0.3, 0.4) is 0 Å². The number of ether oxygens (including phenoxy) is 2. The maximum atomic E-state index is 11.8. The quantitative estimate of drug-likeness (QED) is 0.444. The highest BCUT2D eigenvalue weighted by Crippen LogP contribution is 2.31. The monoisotopic (exact) mass is 349 g/mol. The first kappa shape index (κ1) is 18.1. The van der Waals surface area contributed by atoms with E-state index < -0.39 is 11.9 Å². The van der Waals surface area contributed by atoms with Gasteiger partial charge in [-0.1, -0.05) is 24.8 Å². The molecule has 0 radical (unpaired) electrons. The Morgan fingerprint density at radius 1 is 1.33 bits per heavy atom. The van der Waals surface area contributed by atoms with Gasteiger partial charge in [-0.15, -0.1) is 11.8 Å². The number of carbonyl (C=O) groups is 3. The molecule has 6 nitrogen and oxygen atoms in total. The van der Waals surface area contributed by atoms with Crippen LogP contribution >= 0.6 is 11.8 Å². The van der Waals surface area contributed by atoms with Crippen LogP contribution in [0.5, 0.6) is 0 Å². The van der Waals surface area contributed by atoms with Crippen molar-refractivity contribution in [1.82, 2.24) is 4.90 Å².